The second-order valence-corrected chi connectivity index (χ2v) is 8.10. The number of amides is 1. The van der Waals surface area contributed by atoms with E-state index in [0.29, 0.717) is 22.9 Å². The molecule has 2 aliphatic heterocycles. The maximum absolute atomic E-state index is 12.9. The van der Waals surface area contributed by atoms with Crippen molar-refractivity contribution < 1.29 is 9.53 Å². The Labute approximate surface area is 169 Å². The lowest BCUT2D eigenvalue weighted by atomic mass is 9.98. The number of hydrogen-bond acceptors (Lipinski definition) is 3. The quantitative estimate of drug-likeness (QED) is 0.709. The van der Waals surface area contributed by atoms with Gasteiger partial charge in [-0.25, -0.2) is 0 Å². The SMILES string of the molecule is O=C(CCc1c(Cl)cccc1Cl)N1C2CCC1CC(Oc1cccnc1)C2. The molecule has 0 aliphatic carbocycles. The Bertz CT molecular complexity index is 781. The molecule has 2 atom stereocenters. The van der Waals surface area contributed by atoms with Crippen molar-refractivity contribution in [1.82, 2.24) is 9.88 Å². The molecule has 3 heterocycles. The molecule has 1 aromatic carbocycles. The number of fused-ring (bicyclic) bond motifs is 2. The molecule has 142 valence electrons. The highest BCUT2D eigenvalue weighted by atomic mass is 35.5. The van der Waals surface area contributed by atoms with Crippen molar-refractivity contribution in [3.8, 4) is 5.75 Å². The lowest BCUT2D eigenvalue weighted by Gasteiger charge is -2.39. The summed E-state index contributed by atoms with van der Waals surface area (Å²) in [6.07, 6.45) is 8.50. The van der Waals surface area contributed by atoms with Gasteiger partial charge in [0.05, 0.1) is 6.20 Å². The van der Waals surface area contributed by atoms with Crippen LogP contribution in [-0.2, 0) is 11.2 Å². The minimum absolute atomic E-state index is 0.147. The lowest BCUT2D eigenvalue weighted by molar-refractivity contribution is -0.137. The van der Waals surface area contributed by atoms with E-state index in [1.54, 1.807) is 12.4 Å². The molecular formula is C21H22Cl2N2O2. The maximum atomic E-state index is 12.9. The topological polar surface area (TPSA) is 42.4 Å². The minimum Gasteiger partial charge on any atom is -0.489 e. The van der Waals surface area contributed by atoms with Gasteiger partial charge in [-0.05, 0) is 49.1 Å². The third-order valence-corrected chi connectivity index (χ3v) is 6.27. The first-order valence-electron chi connectivity index (χ1n) is 9.42. The fourth-order valence-corrected chi connectivity index (χ4v) is 4.96. The van der Waals surface area contributed by atoms with Crippen molar-refractivity contribution in [2.45, 2.75) is 56.7 Å². The van der Waals surface area contributed by atoms with Crippen molar-refractivity contribution in [2.75, 3.05) is 0 Å². The molecule has 2 unspecified atom stereocenters. The monoisotopic (exact) mass is 404 g/mol. The number of carbonyl (C=O) groups is 1. The highest BCUT2D eigenvalue weighted by molar-refractivity contribution is 6.36. The van der Waals surface area contributed by atoms with Crippen LogP contribution in [-0.4, -0.2) is 34.0 Å². The zero-order valence-corrected chi connectivity index (χ0v) is 16.5. The molecule has 6 heteroatoms. The van der Waals surface area contributed by atoms with E-state index < -0.39 is 0 Å². The number of piperidine rings is 1. The molecule has 0 spiro atoms. The molecule has 2 bridgehead atoms. The van der Waals surface area contributed by atoms with E-state index in [1.807, 2.05) is 30.3 Å². The molecular weight excluding hydrogens is 383 g/mol. The Morgan fingerprint density at radius 2 is 1.81 bits per heavy atom. The number of hydrogen-bond donors (Lipinski definition) is 0. The predicted octanol–water partition coefficient (Wildman–Crippen LogP) is 4.92. The maximum Gasteiger partial charge on any atom is 0.223 e. The average molecular weight is 405 g/mol. The Morgan fingerprint density at radius 1 is 1.11 bits per heavy atom. The van der Waals surface area contributed by atoms with Crippen LogP contribution in [0, 0.1) is 0 Å². The van der Waals surface area contributed by atoms with Crippen LogP contribution >= 0.6 is 23.2 Å². The summed E-state index contributed by atoms with van der Waals surface area (Å²) in [4.78, 5) is 19.1. The van der Waals surface area contributed by atoms with Gasteiger partial charge in [-0.3, -0.25) is 9.78 Å². The lowest BCUT2D eigenvalue weighted by Crippen LogP contribution is -2.49. The predicted molar refractivity (Wildman–Crippen MR) is 106 cm³/mol. The molecule has 1 aromatic heterocycles. The van der Waals surface area contributed by atoms with Gasteiger partial charge in [0.25, 0.3) is 0 Å². The normalized spacial score (nSPS) is 24.1. The van der Waals surface area contributed by atoms with E-state index in [-0.39, 0.29) is 24.1 Å². The van der Waals surface area contributed by atoms with Crippen molar-refractivity contribution in [2.24, 2.45) is 0 Å². The molecule has 0 N–H and O–H groups in total. The van der Waals surface area contributed by atoms with Crippen LogP contribution in [0.5, 0.6) is 5.75 Å². The summed E-state index contributed by atoms with van der Waals surface area (Å²) < 4.78 is 6.09. The average Bonchev–Trinajstić information content (AvgIpc) is 2.93. The molecule has 0 saturated carbocycles. The summed E-state index contributed by atoms with van der Waals surface area (Å²) in [5, 5.41) is 1.25. The molecule has 4 rings (SSSR count). The Hall–Kier alpha value is -1.78. The Morgan fingerprint density at radius 3 is 2.44 bits per heavy atom. The molecule has 0 radical (unpaired) electrons. The summed E-state index contributed by atoms with van der Waals surface area (Å²) in [7, 11) is 0. The smallest absolute Gasteiger partial charge is 0.223 e. The fourth-order valence-electron chi connectivity index (χ4n) is 4.37. The van der Waals surface area contributed by atoms with Crippen LogP contribution in [0.4, 0.5) is 0 Å². The van der Waals surface area contributed by atoms with Crippen LogP contribution < -0.4 is 4.74 Å². The number of rotatable bonds is 5. The van der Waals surface area contributed by atoms with Gasteiger partial charge in [-0.1, -0.05) is 29.3 Å². The van der Waals surface area contributed by atoms with E-state index in [4.69, 9.17) is 27.9 Å². The number of halogens is 2. The molecule has 4 nitrogen and oxygen atoms in total. The Balaban J connectivity index is 1.37. The number of ether oxygens (including phenoxy) is 1. The van der Waals surface area contributed by atoms with Gasteiger partial charge in [0.2, 0.25) is 5.91 Å². The first-order chi connectivity index (χ1) is 13.1. The van der Waals surface area contributed by atoms with E-state index >= 15 is 0 Å². The number of pyridine rings is 1. The molecule has 2 aromatic rings. The van der Waals surface area contributed by atoms with E-state index in [2.05, 4.69) is 9.88 Å². The highest BCUT2D eigenvalue weighted by Crippen LogP contribution is 2.38. The van der Waals surface area contributed by atoms with Crippen LogP contribution in [0.25, 0.3) is 0 Å². The number of carbonyl (C=O) groups excluding carboxylic acids is 1. The summed E-state index contributed by atoms with van der Waals surface area (Å²) in [6.45, 7) is 0. The van der Waals surface area contributed by atoms with E-state index in [9.17, 15) is 4.79 Å². The van der Waals surface area contributed by atoms with E-state index in [0.717, 1.165) is 37.0 Å². The van der Waals surface area contributed by atoms with Crippen molar-refractivity contribution in [1.29, 1.82) is 0 Å². The number of benzene rings is 1. The van der Waals surface area contributed by atoms with Gasteiger partial charge in [0, 0.05) is 47.6 Å². The van der Waals surface area contributed by atoms with Crippen molar-refractivity contribution >= 4 is 29.1 Å². The number of aromatic nitrogens is 1. The second-order valence-electron chi connectivity index (χ2n) is 7.29. The first-order valence-corrected chi connectivity index (χ1v) is 10.2. The molecule has 2 fully saturated rings. The number of nitrogens with zero attached hydrogens (tertiary/aromatic N) is 2. The standard InChI is InChI=1S/C21H22Cl2N2O2/c22-19-4-1-5-20(23)18(19)8-9-21(26)25-14-6-7-15(25)12-17(11-14)27-16-3-2-10-24-13-16/h1-5,10,13-15,17H,6-9,11-12H2. The van der Waals surface area contributed by atoms with Crippen LogP contribution in [0.3, 0.4) is 0 Å². The molecule has 2 aliphatic rings. The van der Waals surface area contributed by atoms with Gasteiger partial charge in [-0.15, -0.1) is 0 Å². The fraction of sp³-hybridized carbons (Fsp3) is 0.429. The first kappa shape index (κ1) is 18.6. The summed E-state index contributed by atoms with van der Waals surface area (Å²) in [5.74, 6) is 0.994. The minimum atomic E-state index is 0.147. The van der Waals surface area contributed by atoms with Gasteiger partial charge in [-0.2, -0.15) is 0 Å². The van der Waals surface area contributed by atoms with E-state index in [1.165, 1.54) is 0 Å². The zero-order valence-electron chi connectivity index (χ0n) is 15.0. The van der Waals surface area contributed by atoms with Crippen LogP contribution in [0.2, 0.25) is 10.0 Å². The summed E-state index contributed by atoms with van der Waals surface area (Å²) >= 11 is 12.5. The zero-order chi connectivity index (χ0) is 18.8. The van der Waals surface area contributed by atoms with Gasteiger partial charge >= 0.3 is 0 Å². The van der Waals surface area contributed by atoms with Gasteiger partial charge < -0.3 is 9.64 Å². The molecule has 27 heavy (non-hydrogen) atoms. The second kappa shape index (κ2) is 8.07. The van der Waals surface area contributed by atoms with Crippen LogP contribution in [0.15, 0.2) is 42.7 Å². The molecule has 2 saturated heterocycles. The summed E-state index contributed by atoms with van der Waals surface area (Å²) in [5.41, 5.74) is 0.858. The highest BCUT2D eigenvalue weighted by Gasteiger charge is 2.43. The summed E-state index contributed by atoms with van der Waals surface area (Å²) in [6, 6.07) is 9.79. The van der Waals surface area contributed by atoms with Gasteiger partial charge in [0.1, 0.15) is 11.9 Å². The van der Waals surface area contributed by atoms with Crippen molar-refractivity contribution in [3.05, 3.63) is 58.3 Å². The van der Waals surface area contributed by atoms with Crippen LogP contribution in [0.1, 0.15) is 37.7 Å². The molecule has 1 amide bonds. The largest absolute Gasteiger partial charge is 0.489 e. The van der Waals surface area contributed by atoms with Crippen molar-refractivity contribution in [3.63, 3.8) is 0 Å². The van der Waals surface area contributed by atoms with Gasteiger partial charge in [0.15, 0.2) is 0 Å². The Kier molecular flexibility index (Phi) is 5.55. The third kappa shape index (κ3) is 4.07. The third-order valence-electron chi connectivity index (χ3n) is 5.57.